The zero-order valence-electron chi connectivity index (χ0n) is 16.5. The van der Waals surface area contributed by atoms with E-state index in [9.17, 15) is 4.79 Å². The van der Waals surface area contributed by atoms with Gasteiger partial charge in [0, 0.05) is 5.69 Å². The highest BCUT2D eigenvalue weighted by atomic mass is 16.5. The molecule has 0 aliphatic rings. The third-order valence-electron chi connectivity index (χ3n) is 4.07. The first kappa shape index (κ1) is 20.3. The molecule has 3 aromatic carbocycles. The van der Waals surface area contributed by atoms with Crippen molar-refractivity contribution in [2.24, 2.45) is 0 Å². The summed E-state index contributed by atoms with van der Waals surface area (Å²) in [7, 11) is 0. The Bertz CT molecular complexity index is 894. The van der Waals surface area contributed by atoms with Gasteiger partial charge < -0.3 is 19.5 Å². The Morgan fingerprint density at radius 3 is 2.03 bits per heavy atom. The summed E-state index contributed by atoms with van der Waals surface area (Å²) in [6.45, 7) is 3.49. The van der Waals surface area contributed by atoms with Crippen LogP contribution in [0.25, 0.3) is 0 Å². The number of rotatable bonds is 10. The Morgan fingerprint density at radius 1 is 0.724 bits per heavy atom. The Morgan fingerprint density at radius 2 is 1.34 bits per heavy atom. The fourth-order valence-electron chi connectivity index (χ4n) is 2.66. The monoisotopic (exact) mass is 391 g/mol. The Kier molecular flexibility index (Phi) is 7.52. The molecule has 29 heavy (non-hydrogen) atoms. The highest BCUT2D eigenvalue weighted by Crippen LogP contribution is 2.21. The summed E-state index contributed by atoms with van der Waals surface area (Å²) in [5, 5.41) is 2.89. The van der Waals surface area contributed by atoms with Gasteiger partial charge in [0.05, 0.1) is 12.2 Å². The largest absolute Gasteiger partial charge is 0.493 e. The molecule has 0 fully saturated rings. The van der Waals surface area contributed by atoms with Crippen molar-refractivity contribution in [2.45, 2.75) is 13.3 Å². The van der Waals surface area contributed by atoms with Gasteiger partial charge in [-0.3, -0.25) is 4.79 Å². The number of nitrogens with one attached hydrogen (secondary N) is 1. The Balaban J connectivity index is 1.49. The third-order valence-corrected chi connectivity index (χ3v) is 4.07. The molecule has 0 aliphatic heterocycles. The SMILES string of the molecule is CCCOc1ccccc1C(=O)Nc1ccc(OCCOc2ccccc2)cc1. The van der Waals surface area contributed by atoms with Crippen LogP contribution >= 0.6 is 0 Å². The van der Waals surface area contributed by atoms with Crippen LogP contribution in [0.2, 0.25) is 0 Å². The van der Waals surface area contributed by atoms with E-state index in [-0.39, 0.29) is 5.91 Å². The maximum atomic E-state index is 12.6. The second kappa shape index (κ2) is 10.8. The summed E-state index contributed by atoms with van der Waals surface area (Å²) in [6, 6.07) is 24.1. The van der Waals surface area contributed by atoms with Crippen molar-refractivity contribution in [1.29, 1.82) is 0 Å². The molecular weight excluding hydrogens is 366 g/mol. The lowest BCUT2D eigenvalue weighted by molar-refractivity contribution is 0.102. The molecule has 0 aliphatic carbocycles. The van der Waals surface area contributed by atoms with Crippen LogP contribution in [0.15, 0.2) is 78.9 Å². The predicted molar refractivity (Wildman–Crippen MR) is 114 cm³/mol. The molecule has 0 unspecified atom stereocenters. The predicted octanol–water partition coefficient (Wildman–Crippen LogP) is 5.19. The van der Waals surface area contributed by atoms with Gasteiger partial charge in [-0.25, -0.2) is 0 Å². The van der Waals surface area contributed by atoms with E-state index in [0.717, 1.165) is 12.2 Å². The minimum Gasteiger partial charge on any atom is -0.493 e. The van der Waals surface area contributed by atoms with Gasteiger partial charge in [0.15, 0.2) is 0 Å². The molecule has 0 heterocycles. The van der Waals surface area contributed by atoms with Gasteiger partial charge in [-0.15, -0.1) is 0 Å². The normalized spacial score (nSPS) is 10.2. The van der Waals surface area contributed by atoms with Gasteiger partial charge in [-0.1, -0.05) is 37.3 Å². The fraction of sp³-hybridized carbons (Fsp3) is 0.208. The standard InChI is InChI=1S/C24H25NO4/c1-2-16-29-23-11-7-6-10-22(23)24(26)25-19-12-14-21(15-13-19)28-18-17-27-20-8-4-3-5-9-20/h3-15H,2,16-18H2,1H3,(H,25,26). The number of ether oxygens (including phenoxy) is 3. The molecular formula is C24H25NO4. The van der Waals surface area contributed by atoms with Crippen LogP contribution in [0.4, 0.5) is 5.69 Å². The van der Waals surface area contributed by atoms with E-state index in [1.807, 2.05) is 61.5 Å². The molecule has 5 heteroatoms. The number of amides is 1. The minimum atomic E-state index is -0.207. The van der Waals surface area contributed by atoms with Crippen LogP contribution < -0.4 is 19.5 Å². The van der Waals surface area contributed by atoms with Gasteiger partial charge in [0.25, 0.3) is 5.91 Å². The molecule has 0 spiro atoms. The third kappa shape index (κ3) is 6.28. The van der Waals surface area contributed by atoms with Crippen molar-refractivity contribution in [3.63, 3.8) is 0 Å². The molecule has 0 bridgehead atoms. The van der Waals surface area contributed by atoms with Crippen LogP contribution in [-0.2, 0) is 0 Å². The average Bonchev–Trinajstić information content (AvgIpc) is 2.77. The van der Waals surface area contributed by atoms with Crippen LogP contribution in [0, 0.1) is 0 Å². The smallest absolute Gasteiger partial charge is 0.259 e. The number of hydrogen-bond donors (Lipinski definition) is 1. The van der Waals surface area contributed by atoms with Gasteiger partial charge in [0.1, 0.15) is 30.5 Å². The highest BCUT2D eigenvalue weighted by Gasteiger charge is 2.12. The maximum absolute atomic E-state index is 12.6. The van der Waals surface area contributed by atoms with Crippen LogP contribution in [0.5, 0.6) is 17.2 Å². The van der Waals surface area contributed by atoms with Crippen LogP contribution in [0.3, 0.4) is 0 Å². The molecule has 0 atom stereocenters. The lowest BCUT2D eigenvalue weighted by Crippen LogP contribution is -2.14. The van der Waals surface area contributed by atoms with E-state index < -0.39 is 0 Å². The Hall–Kier alpha value is -3.47. The van der Waals surface area contributed by atoms with Gasteiger partial charge in [-0.2, -0.15) is 0 Å². The average molecular weight is 391 g/mol. The quantitative estimate of drug-likeness (QED) is 0.484. The first-order valence-electron chi connectivity index (χ1n) is 9.70. The van der Waals surface area contributed by atoms with Crippen molar-refractivity contribution in [3.8, 4) is 17.2 Å². The number of benzene rings is 3. The minimum absolute atomic E-state index is 0.207. The lowest BCUT2D eigenvalue weighted by Gasteiger charge is -2.12. The summed E-state index contributed by atoms with van der Waals surface area (Å²) >= 11 is 0. The zero-order chi connectivity index (χ0) is 20.3. The molecule has 0 radical (unpaired) electrons. The topological polar surface area (TPSA) is 56.8 Å². The summed E-state index contributed by atoms with van der Waals surface area (Å²) < 4.78 is 16.9. The van der Waals surface area contributed by atoms with E-state index in [0.29, 0.717) is 42.6 Å². The molecule has 1 amide bonds. The summed E-state index contributed by atoms with van der Waals surface area (Å²) in [6.07, 6.45) is 0.883. The van der Waals surface area contributed by atoms with E-state index in [2.05, 4.69) is 5.32 Å². The van der Waals surface area contributed by atoms with Crippen molar-refractivity contribution < 1.29 is 19.0 Å². The summed E-state index contributed by atoms with van der Waals surface area (Å²) in [4.78, 5) is 12.6. The zero-order valence-corrected chi connectivity index (χ0v) is 16.5. The van der Waals surface area contributed by atoms with Crippen molar-refractivity contribution in [3.05, 3.63) is 84.4 Å². The molecule has 3 aromatic rings. The first-order valence-corrected chi connectivity index (χ1v) is 9.70. The van der Waals surface area contributed by atoms with Crippen molar-refractivity contribution in [2.75, 3.05) is 25.1 Å². The number of para-hydroxylation sites is 2. The summed E-state index contributed by atoms with van der Waals surface area (Å²) in [5.41, 5.74) is 1.20. The van der Waals surface area contributed by atoms with Crippen LogP contribution in [-0.4, -0.2) is 25.7 Å². The van der Waals surface area contributed by atoms with Crippen molar-refractivity contribution in [1.82, 2.24) is 0 Å². The number of carbonyl (C=O) groups excluding carboxylic acids is 1. The second-order valence-corrected chi connectivity index (χ2v) is 6.33. The molecule has 0 saturated carbocycles. The molecule has 1 N–H and O–H groups in total. The van der Waals surface area contributed by atoms with Gasteiger partial charge in [-0.05, 0) is 55.0 Å². The number of anilines is 1. The Labute approximate surface area is 171 Å². The van der Waals surface area contributed by atoms with E-state index in [1.165, 1.54) is 0 Å². The van der Waals surface area contributed by atoms with Gasteiger partial charge in [0.2, 0.25) is 0 Å². The highest BCUT2D eigenvalue weighted by molar-refractivity contribution is 6.06. The molecule has 0 saturated heterocycles. The van der Waals surface area contributed by atoms with Crippen molar-refractivity contribution >= 4 is 11.6 Å². The number of carbonyl (C=O) groups is 1. The maximum Gasteiger partial charge on any atom is 0.259 e. The molecule has 5 nitrogen and oxygen atoms in total. The number of hydrogen-bond acceptors (Lipinski definition) is 4. The fourth-order valence-corrected chi connectivity index (χ4v) is 2.66. The molecule has 3 rings (SSSR count). The molecule has 150 valence electrons. The van der Waals surface area contributed by atoms with Gasteiger partial charge >= 0.3 is 0 Å². The van der Waals surface area contributed by atoms with E-state index in [1.54, 1.807) is 24.3 Å². The van der Waals surface area contributed by atoms with E-state index >= 15 is 0 Å². The lowest BCUT2D eigenvalue weighted by atomic mass is 10.2. The summed E-state index contributed by atoms with van der Waals surface area (Å²) in [5.74, 6) is 1.91. The van der Waals surface area contributed by atoms with E-state index in [4.69, 9.17) is 14.2 Å². The molecule has 0 aromatic heterocycles. The first-order chi connectivity index (χ1) is 14.3. The van der Waals surface area contributed by atoms with Crippen LogP contribution in [0.1, 0.15) is 23.7 Å². The second-order valence-electron chi connectivity index (χ2n) is 6.33.